The Labute approximate surface area is 182 Å². The molecule has 0 saturated heterocycles. The summed E-state index contributed by atoms with van der Waals surface area (Å²) in [6.45, 7) is 10.5. The van der Waals surface area contributed by atoms with Gasteiger partial charge in [-0.25, -0.2) is 13.4 Å². The average molecular weight is 449 g/mol. The van der Waals surface area contributed by atoms with E-state index in [0.717, 1.165) is 26.8 Å². The lowest BCUT2D eigenvalue weighted by Crippen LogP contribution is -2.31. The number of benzene rings is 1. The third kappa shape index (κ3) is 4.01. The van der Waals surface area contributed by atoms with Gasteiger partial charge >= 0.3 is 0 Å². The van der Waals surface area contributed by atoms with Crippen LogP contribution >= 0.6 is 11.3 Å². The molecule has 0 aliphatic carbocycles. The van der Waals surface area contributed by atoms with Crippen molar-refractivity contribution in [3.63, 3.8) is 0 Å². The molecule has 0 saturated carbocycles. The minimum atomic E-state index is -3.63. The van der Waals surface area contributed by atoms with Crippen LogP contribution in [0.25, 0.3) is 4.96 Å². The van der Waals surface area contributed by atoms with E-state index in [0.29, 0.717) is 25.2 Å². The van der Waals surface area contributed by atoms with Crippen LogP contribution in [-0.2, 0) is 16.6 Å². The molecule has 30 heavy (non-hydrogen) atoms. The fourth-order valence-corrected chi connectivity index (χ4v) is 5.88. The minimum absolute atomic E-state index is 0.143. The highest BCUT2D eigenvalue weighted by molar-refractivity contribution is 7.89. The fourth-order valence-electron chi connectivity index (χ4n) is 3.51. The molecule has 2 aromatic heterocycles. The largest absolute Gasteiger partial charge is 0.336 e. The van der Waals surface area contributed by atoms with Crippen LogP contribution < -0.4 is 0 Å². The Bertz CT molecular complexity index is 1190. The number of imidazole rings is 1. The van der Waals surface area contributed by atoms with E-state index in [1.807, 2.05) is 31.4 Å². The van der Waals surface area contributed by atoms with E-state index in [1.165, 1.54) is 10.4 Å². The second-order valence-corrected chi connectivity index (χ2v) is 10.5. The van der Waals surface area contributed by atoms with Gasteiger partial charge in [0.2, 0.25) is 10.0 Å². The van der Waals surface area contributed by atoms with Crippen molar-refractivity contribution in [2.45, 2.75) is 46.1 Å². The zero-order valence-corrected chi connectivity index (χ0v) is 19.9. The van der Waals surface area contributed by atoms with E-state index in [-0.39, 0.29) is 10.8 Å². The summed E-state index contributed by atoms with van der Waals surface area (Å²) in [7, 11) is -1.90. The number of hydrogen-bond donors (Lipinski definition) is 0. The molecule has 0 aliphatic heterocycles. The van der Waals surface area contributed by atoms with Crippen LogP contribution in [0.2, 0.25) is 0 Å². The topological polar surface area (TPSA) is 75.0 Å². The summed E-state index contributed by atoms with van der Waals surface area (Å²) in [6.07, 6.45) is 2.02. The zero-order valence-electron chi connectivity index (χ0n) is 18.3. The van der Waals surface area contributed by atoms with Gasteiger partial charge in [0.25, 0.3) is 5.91 Å². The first-order valence-electron chi connectivity index (χ1n) is 9.90. The Morgan fingerprint density at radius 2 is 1.83 bits per heavy atom. The van der Waals surface area contributed by atoms with Crippen LogP contribution in [0.5, 0.6) is 0 Å². The van der Waals surface area contributed by atoms with Gasteiger partial charge in [-0.3, -0.25) is 9.20 Å². The number of aryl methyl sites for hydroxylation is 3. The maximum Gasteiger partial charge on any atom is 0.254 e. The molecule has 0 N–H and O–H groups in total. The minimum Gasteiger partial charge on any atom is -0.336 e. The normalized spacial score (nSPS) is 12.1. The number of rotatable bonds is 7. The van der Waals surface area contributed by atoms with Crippen molar-refractivity contribution in [2.75, 3.05) is 20.1 Å². The molecule has 3 rings (SSSR count). The lowest BCUT2D eigenvalue weighted by molar-refractivity contribution is 0.0782. The van der Waals surface area contributed by atoms with Gasteiger partial charge in [0.15, 0.2) is 4.96 Å². The molecule has 0 unspecified atom stereocenters. The molecule has 2 heterocycles. The van der Waals surface area contributed by atoms with E-state index in [4.69, 9.17) is 0 Å². The number of aromatic nitrogens is 2. The molecular weight excluding hydrogens is 420 g/mol. The van der Waals surface area contributed by atoms with Crippen LogP contribution in [0, 0.1) is 20.8 Å². The third-order valence-electron chi connectivity index (χ3n) is 5.26. The SMILES string of the molecule is CCN(CC)S(=O)(=O)c1ccc(C)c(C(=O)N(C)Cc2c(C)nc3sc(C)cn23)c1. The van der Waals surface area contributed by atoms with Crippen LogP contribution in [0.4, 0.5) is 0 Å². The van der Waals surface area contributed by atoms with Gasteiger partial charge in [-0.05, 0) is 38.5 Å². The average Bonchev–Trinajstić information content (AvgIpc) is 3.18. The Hall–Kier alpha value is -2.23. The smallest absolute Gasteiger partial charge is 0.254 e. The summed E-state index contributed by atoms with van der Waals surface area (Å²) in [5.74, 6) is -0.217. The van der Waals surface area contributed by atoms with Gasteiger partial charge in [-0.2, -0.15) is 4.31 Å². The first kappa shape index (κ1) is 22.5. The number of hydrogen-bond acceptors (Lipinski definition) is 5. The van der Waals surface area contributed by atoms with Crippen molar-refractivity contribution in [3.8, 4) is 0 Å². The first-order chi connectivity index (χ1) is 14.1. The molecule has 0 radical (unpaired) electrons. The highest BCUT2D eigenvalue weighted by Gasteiger charge is 2.25. The van der Waals surface area contributed by atoms with Crippen molar-refractivity contribution in [2.24, 2.45) is 0 Å². The highest BCUT2D eigenvalue weighted by atomic mass is 32.2. The van der Waals surface area contributed by atoms with Crippen molar-refractivity contribution in [3.05, 3.63) is 51.8 Å². The summed E-state index contributed by atoms with van der Waals surface area (Å²) in [4.78, 5) is 21.6. The molecule has 9 heteroatoms. The molecule has 0 bridgehead atoms. The molecular formula is C21H28N4O3S2. The van der Waals surface area contributed by atoms with Crippen molar-refractivity contribution in [1.82, 2.24) is 18.6 Å². The molecule has 0 spiro atoms. The molecule has 0 fully saturated rings. The first-order valence-corrected chi connectivity index (χ1v) is 12.2. The van der Waals surface area contributed by atoms with Gasteiger partial charge in [0, 0.05) is 36.8 Å². The zero-order chi connectivity index (χ0) is 22.2. The third-order valence-corrected chi connectivity index (χ3v) is 8.20. The van der Waals surface area contributed by atoms with Gasteiger partial charge < -0.3 is 4.90 Å². The number of sulfonamides is 1. The van der Waals surface area contributed by atoms with Crippen LogP contribution in [-0.4, -0.2) is 53.1 Å². The summed E-state index contributed by atoms with van der Waals surface area (Å²) >= 11 is 1.61. The van der Waals surface area contributed by atoms with Crippen LogP contribution in [0.3, 0.4) is 0 Å². The quantitative estimate of drug-likeness (QED) is 0.553. The lowest BCUT2D eigenvalue weighted by Gasteiger charge is -2.21. The number of thiazole rings is 1. The van der Waals surface area contributed by atoms with E-state index in [1.54, 1.807) is 49.3 Å². The van der Waals surface area contributed by atoms with E-state index in [9.17, 15) is 13.2 Å². The van der Waals surface area contributed by atoms with Crippen molar-refractivity contribution < 1.29 is 13.2 Å². The maximum atomic E-state index is 13.2. The van der Waals surface area contributed by atoms with E-state index < -0.39 is 10.0 Å². The highest BCUT2D eigenvalue weighted by Crippen LogP contribution is 2.24. The maximum absolute atomic E-state index is 13.2. The molecule has 7 nitrogen and oxygen atoms in total. The van der Waals surface area contributed by atoms with E-state index >= 15 is 0 Å². The van der Waals surface area contributed by atoms with Gasteiger partial charge in [0.1, 0.15) is 0 Å². The molecule has 1 aromatic carbocycles. The second-order valence-electron chi connectivity index (χ2n) is 7.37. The van der Waals surface area contributed by atoms with Gasteiger partial charge in [0.05, 0.1) is 22.8 Å². The summed E-state index contributed by atoms with van der Waals surface area (Å²) < 4.78 is 29.2. The Kier molecular flexibility index (Phi) is 6.35. The van der Waals surface area contributed by atoms with Gasteiger partial charge in [-0.1, -0.05) is 19.9 Å². The monoisotopic (exact) mass is 448 g/mol. The molecule has 162 valence electrons. The molecule has 1 amide bonds. The number of carbonyl (C=O) groups is 1. The van der Waals surface area contributed by atoms with Crippen LogP contribution in [0.15, 0.2) is 29.3 Å². The Morgan fingerprint density at radius 3 is 2.47 bits per heavy atom. The van der Waals surface area contributed by atoms with Crippen LogP contribution in [0.1, 0.15) is 46.0 Å². The number of carbonyl (C=O) groups excluding carboxylic acids is 1. The summed E-state index contributed by atoms with van der Waals surface area (Å²) in [6, 6.07) is 4.76. The van der Waals surface area contributed by atoms with Crippen molar-refractivity contribution in [1.29, 1.82) is 0 Å². The van der Waals surface area contributed by atoms with E-state index in [2.05, 4.69) is 4.98 Å². The molecule has 0 atom stereocenters. The number of nitrogens with zero attached hydrogens (tertiary/aromatic N) is 4. The summed E-state index contributed by atoms with van der Waals surface area (Å²) in [5, 5.41) is 0. The number of fused-ring (bicyclic) bond motifs is 1. The summed E-state index contributed by atoms with van der Waals surface area (Å²) in [5.41, 5.74) is 2.97. The number of amides is 1. The second kappa shape index (κ2) is 8.49. The molecule has 3 aromatic rings. The fraction of sp³-hybridized carbons (Fsp3) is 0.429. The standard InChI is InChI=1S/C21H28N4O3S2/c1-7-24(8-2)30(27,28)17-10-9-14(3)18(11-17)20(26)23(6)13-19-16(5)22-21-25(19)12-15(4)29-21/h9-12H,7-8,13H2,1-6H3. The Morgan fingerprint density at radius 1 is 1.17 bits per heavy atom. The predicted octanol–water partition coefficient (Wildman–Crippen LogP) is 3.62. The predicted molar refractivity (Wildman–Crippen MR) is 120 cm³/mol. The van der Waals surface area contributed by atoms with Crippen molar-refractivity contribution >= 4 is 32.2 Å². The Balaban J connectivity index is 1.93. The van der Waals surface area contributed by atoms with Gasteiger partial charge in [-0.15, -0.1) is 11.3 Å². The molecule has 0 aliphatic rings. The lowest BCUT2D eigenvalue weighted by atomic mass is 10.1.